The van der Waals surface area contributed by atoms with E-state index < -0.39 is 39.9 Å². The Balaban J connectivity index is 0.00000210. The number of rotatable bonds is 8. The zero-order chi connectivity index (χ0) is 19.8. The molecule has 0 saturated carbocycles. The fourth-order valence-electron chi connectivity index (χ4n) is 4.33. The molecule has 0 radical (unpaired) electrons. The van der Waals surface area contributed by atoms with Gasteiger partial charge in [-0.25, -0.2) is 0 Å². The summed E-state index contributed by atoms with van der Waals surface area (Å²) in [5.41, 5.74) is 6.65. The molecule has 0 aromatic rings. The van der Waals surface area contributed by atoms with Crippen molar-refractivity contribution in [3.05, 3.63) is 41.0 Å². The van der Waals surface area contributed by atoms with Crippen LogP contribution in [0.5, 0.6) is 0 Å². The van der Waals surface area contributed by atoms with Gasteiger partial charge in [0.05, 0.1) is 0 Å². The quantitative estimate of drug-likeness (QED) is 0.407. The van der Waals surface area contributed by atoms with E-state index in [-0.39, 0.29) is 24.8 Å². The van der Waals surface area contributed by atoms with Crippen LogP contribution in [0, 0.1) is 5.92 Å². The summed E-state index contributed by atoms with van der Waals surface area (Å²) in [6, 6.07) is 0. The van der Waals surface area contributed by atoms with Crippen LogP contribution in [-0.4, -0.2) is 29.8 Å². The van der Waals surface area contributed by atoms with Crippen LogP contribution >= 0.6 is 0 Å². The van der Waals surface area contributed by atoms with Crippen molar-refractivity contribution in [1.29, 1.82) is 0 Å². The van der Waals surface area contributed by atoms with E-state index in [1.54, 1.807) is 22.3 Å². The second-order valence-corrected chi connectivity index (χ2v) is 22.5. The van der Waals surface area contributed by atoms with Crippen molar-refractivity contribution in [3.63, 3.8) is 0 Å². The molecule has 1 aliphatic heterocycles. The zero-order valence-electron chi connectivity index (χ0n) is 19.0. The molecule has 0 aromatic carbocycles. The van der Waals surface area contributed by atoms with E-state index in [0.29, 0.717) is 5.92 Å². The molecule has 2 aliphatic carbocycles. The Kier molecular flexibility index (Phi) is 10.6. The summed E-state index contributed by atoms with van der Waals surface area (Å²) in [5.74, 6) is 0.589. The number of halogens is 2. The van der Waals surface area contributed by atoms with Gasteiger partial charge in [-0.2, -0.15) is 0 Å². The molecule has 0 saturated heterocycles. The predicted octanol–water partition coefficient (Wildman–Crippen LogP) is 0.378. The Morgan fingerprint density at radius 3 is 1.52 bits per heavy atom. The first kappa shape index (κ1) is 27.8. The van der Waals surface area contributed by atoms with E-state index >= 15 is 0 Å². The molecule has 1 heterocycles. The monoisotopic (exact) mass is 548 g/mol. The molecule has 0 aromatic heterocycles. The average Bonchev–Trinajstić information content (AvgIpc) is 3.10. The van der Waals surface area contributed by atoms with Gasteiger partial charge in [0.1, 0.15) is 0 Å². The molecule has 0 fully saturated rings. The molecule has 3 aliphatic rings. The molecule has 0 amide bonds. The zero-order valence-corrected chi connectivity index (χ0v) is 25.0. The molecule has 0 N–H and O–H groups in total. The van der Waals surface area contributed by atoms with Crippen LogP contribution in [0.25, 0.3) is 0 Å². The minimum Gasteiger partial charge on any atom is -1.00 e. The summed E-state index contributed by atoms with van der Waals surface area (Å²) < 4.78 is 16.0. The molecule has 7 heteroatoms. The van der Waals surface area contributed by atoms with E-state index in [4.69, 9.17) is 8.85 Å². The Hall–Kier alpha value is 0.777. The van der Waals surface area contributed by atoms with E-state index in [9.17, 15) is 0 Å². The normalized spacial score (nSPS) is 18.9. The van der Waals surface area contributed by atoms with E-state index in [0.717, 1.165) is 26.1 Å². The van der Waals surface area contributed by atoms with Gasteiger partial charge in [0, 0.05) is 0 Å². The van der Waals surface area contributed by atoms with Gasteiger partial charge in [-0.15, -0.1) is 0 Å². The maximum atomic E-state index is 6.15. The molecule has 0 atom stereocenters. The Bertz CT molecular complexity index is 668. The topological polar surface area (TPSA) is 18.5 Å². The van der Waals surface area contributed by atoms with Crippen LogP contribution in [0.15, 0.2) is 41.0 Å². The molecule has 0 unspecified atom stereocenters. The predicted molar refractivity (Wildman–Crippen MR) is 116 cm³/mol. The van der Waals surface area contributed by atoms with Crippen molar-refractivity contribution in [2.75, 3.05) is 13.2 Å². The summed E-state index contributed by atoms with van der Waals surface area (Å²) in [4.78, 5) is 0. The summed E-state index contributed by atoms with van der Waals surface area (Å²) in [5, 5.41) is 0. The van der Waals surface area contributed by atoms with Gasteiger partial charge in [-0.05, 0) is 0 Å². The summed E-state index contributed by atoms with van der Waals surface area (Å²) in [6.07, 6.45) is 9.73. The average molecular weight is 551 g/mol. The van der Waals surface area contributed by atoms with Crippen LogP contribution in [0.4, 0.5) is 0 Å². The minimum atomic E-state index is -1.41. The van der Waals surface area contributed by atoms with Gasteiger partial charge in [-0.3, -0.25) is 0 Å². The fourth-order valence-corrected chi connectivity index (χ4v) is 10.2. The van der Waals surface area contributed by atoms with Crippen molar-refractivity contribution in [3.8, 4) is 0 Å². The molecule has 29 heavy (non-hydrogen) atoms. The maximum Gasteiger partial charge on any atom is -1.00 e. The third kappa shape index (κ3) is 7.41. The van der Waals surface area contributed by atoms with Crippen LogP contribution < -0.4 is 24.8 Å². The summed E-state index contributed by atoms with van der Waals surface area (Å²) in [7, 11) is -2.83. The SMILES string of the molecule is CC1C2=[C](CC=C2CCO[Si](C)(C)C)[Zr+2][C]2=C1C(CCO[Si](C)(C)C)=CC2.[Cl-].[Cl-]. The Labute approximate surface area is 204 Å². The smallest absolute Gasteiger partial charge is 1.00 e. The van der Waals surface area contributed by atoms with Gasteiger partial charge in [-0.1, -0.05) is 0 Å². The van der Waals surface area contributed by atoms with Crippen LogP contribution in [0.3, 0.4) is 0 Å². The van der Waals surface area contributed by atoms with Crippen LogP contribution in [0.1, 0.15) is 32.6 Å². The van der Waals surface area contributed by atoms with Crippen molar-refractivity contribution < 1.29 is 56.9 Å². The second kappa shape index (κ2) is 11.1. The molecule has 3 rings (SSSR count). The second-order valence-electron chi connectivity index (χ2n) is 9.92. The largest absolute Gasteiger partial charge is 1.00 e. The number of allylic oxidation sites excluding steroid dienone is 6. The number of hydrogen-bond acceptors (Lipinski definition) is 2. The summed E-state index contributed by atoms with van der Waals surface area (Å²) >= 11 is -0.560. The molecule has 2 nitrogen and oxygen atoms in total. The first-order chi connectivity index (χ1) is 12.6. The van der Waals surface area contributed by atoms with Crippen LogP contribution in [0.2, 0.25) is 39.3 Å². The summed E-state index contributed by atoms with van der Waals surface area (Å²) in [6.45, 7) is 18.0. The van der Waals surface area contributed by atoms with E-state index in [1.165, 1.54) is 12.8 Å². The molecule has 0 bridgehead atoms. The molecular formula is C22H36Cl2O2Si2Zr. The van der Waals surface area contributed by atoms with Crippen molar-refractivity contribution in [1.82, 2.24) is 0 Å². The molecular weight excluding hydrogens is 515 g/mol. The Morgan fingerprint density at radius 2 is 1.17 bits per heavy atom. The van der Waals surface area contributed by atoms with Gasteiger partial charge >= 0.3 is 181 Å². The van der Waals surface area contributed by atoms with Gasteiger partial charge in [0.2, 0.25) is 0 Å². The third-order valence-electron chi connectivity index (χ3n) is 5.43. The van der Waals surface area contributed by atoms with Crippen LogP contribution in [-0.2, 0) is 32.1 Å². The van der Waals surface area contributed by atoms with Crippen molar-refractivity contribution >= 4 is 16.6 Å². The molecule has 0 spiro atoms. The third-order valence-corrected chi connectivity index (χ3v) is 11.4. The Morgan fingerprint density at radius 1 is 0.793 bits per heavy atom. The van der Waals surface area contributed by atoms with Crippen molar-refractivity contribution in [2.24, 2.45) is 5.92 Å². The molecule has 162 valence electrons. The minimum absolute atomic E-state index is 0. The first-order valence-electron chi connectivity index (χ1n) is 10.4. The van der Waals surface area contributed by atoms with Gasteiger partial charge in [0.15, 0.2) is 0 Å². The van der Waals surface area contributed by atoms with E-state index in [2.05, 4.69) is 58.4 Å². The number of hydrogen-bond donors (Lipinski definition) is 0. The fraction of sp³-hybridized carbons (Fsp3) is 0.636. The van der Waals surface area contributed by atoms with E-state index in [1.807, 2.05) is 6.56 Å². The standard InChI is InChI=1S/C22H36O2Si2.2ClH.Zr/c1-18(21-12-8-10-19(21)14-16-23-25(2,3)4)22-13-9-11-20(22)15-17-24-26(5,6)7;;;/h10-11,18H,8-9,14-17H2,1-7H3;2*1H;/q;;;+2/p-2. The first-order valence-corrected chi connectivity index (χ1v) is 19.7. The van der Waals surface area contributed by atoms with Gasteiger partial charge < -0.3 is 24.8 Å². The maximum absolute atomic E-state index is 6.15. The van der Waals surface area contributed by atoms with Crippen molar-refractivity contribution in [2.45, 2.75) is 71.9 Å². The van der Waals surface area contributed by atoms with Gasteiger partial charge in [0.25, 0.3) is 0 Å².